The average molecular weight is 1060 g/mol. The first-order chi connectivity index (χ1) is 36.4. The van der Waals surface area contributed by atoms with Gasteiger partial charge in [0, 0.05) is 84.0 Å². The molecule has 4 aromatic carbocycles. The first-order valence-corrected chi connectivity index (χ1v) is 24.2. The van der Waals surface area contributed by atoms with Gasteiger partial charge in [-0.1, -0.05) is 30.7 Å². The molecule has 23 heteroatoms. The van der Waals surface area contributed by atoms with E-state index in [1.165, 1.54) is 100 Å². The second kappa shape index (κ2) is 30.6. The van der Waals surface area contributed by atoms with Crippen molar-refractivity contribution in [3.8, 4) is 17.2 Å². The van der Waals surface area contributed by atoms with Gasteiger partial charge in [-0.2, -0.15) is 0 Å². The zero-order valence-electron chi connectivity index (χ0n) is 42.8. The molecule has 0 bridgehead atoms. The molecular formula is C53H64N6O17. The fourth-order valence-electron chi connectivity index (χ4n) is 8.06. The Morgan fingerprint density at radius 2 is 0.829 bits per heavy atom. The number of carboxylic acids is 4. The Balaban J connectivity index is 1.62. The molecule has 0 atom stereocenters. The number of nitrogens with one attached hydrogen (secondary N) is 3. The molecule has 0 aromatic heterocycles. The predicted octanol–water partition coefficient (Wildman–Crippen LogP) is 3.96. The summed E-state index contributed by atoms with van der Waals surface area (Å²) in [5.41, 5.74) is -0.666. The number of aromatic carboxylic acids is 4. The topological polar surface area (TPSA) is 317 Å². The van der Waals surface area contributed by atoms with E-state index in [1.807, 2.05) is 9.80 Å². The number of carboxylic acid groups (broad SMARTS) is 4. The lowest BCUT2D eigenvalue weighted by atomic mass is 10.1. The van der Waals surface area contributed by atoms with E-state index in [4.69, 9.17) is 18.9 Å². The van der Waals surface area contributed by atoms with Crippen molar-refractivity contribution in [2.75, 3.05) is 99.9 Å². The Labute approximate surface area is 438 Å². The van der Waals surface area contributed by atoms with Crippen LogP contribution in [0.15, 0.2) is 78.9 Å². The van der Waals surface area contributed by atoms with Crippen LogP contribution in [0.3, 0.4) is 0 Å². The van der Waals surface area contributed by atoms with Crippen molar-refractivity contribution < 1.29 is 82.5 Å². The molecule has 23 nitrogen and oxygen atoms in total. The van der Waals surface area contributed by atoms with Crippen LogP contribution in [0.25, 0.3) is 0 Å². The van der Waals surface area contributed by atoms with E-state index in [0.29, 0.717) is 19.3 Å². The number of nitrogens with zero attached hydrogens (tertiary/aromatic N) is 3. The maximum Gasteiger partial charge on any atom is 0.339 e. The molecule has 0 fully saturated rings. The van der Waals surface area contributed by atoms with Gasteiger partial charge < -0.3 is 60.2 Å². The van der Waals surface area contributed by atoms with Crippen molar-refractivity contribution in [3.05, 3.63) is 123 Å². The molecule has 4 rings (SSSR count). The second-order valence-corrected chi connectivity index (χ2v) is 16.8. The summed E-state index contributed by atoms with van der Waals surface area (Å²) in [5, 5.41) is 47.2. The molecule has 76 heavy (non-hydrogen) atoms. The van der Waals surface area contributed by atoms with Crippen molar-refractivity contribution in [2.45, 2.75) is 32.6 Å². The van der Waals surface area contributed by atoms with Crippen LogP contribution in [0.1, 0.15) is 115 Å². The summed E-state index contributed by atoms with van der Waals surface area (Å²) in [6.07, 6.45) is 1.75. The standard InChI is InChI=1S/C53H64N6O17/c1-5-76-42(60)21-7-6-8-25-59(49(64)34-13-9-14-35(33-34)50(65)66)32-31-58(28-24-56-48(63)38-17-12-20-41(53(71)72)45(38)75-4)30-29-57(26-22-54-46(61)36-15-10-18-39(51(67)68)43(36)73-2)27-23-55-47(62)37-16-11-19-40(52(69)70)44(37)74-3/h9-20,33H,5-8,21-32H2,1-4H3,(H,54,61)(H,55,62)(H,56,63)(H,65,66)(H,67,68)(H,69,70)(H,71,72). The summed E-state index contributed by atoms with van der Waals surface area (Å²) in [7, 11) is 3.73. The van der Waals surface area contributed by atoms with Crippen LogP contribution in [-0.2, 0) is 9.53 Å². The molecule has 7 N–H and O–H groups in total. The molecule has 0 aliphatic rings. The zero-order valence-corrected chi connectivity index (χ0v) is 42.8. The maximum absolute atomic E-state index is 14.2. The Hall–Kier alpha value is -8.57. The molecule has 0 aliphatic heterocycles. The van der Waals surface area contributed by atoms with E-state index < -0.39 is 47.5 Å². The number of hydrogen-bond donors (Lipinski definition) is 7. The highest BCUT2D eigenvalue weighted by Crippen LogP contribution is 2.26. The van der Waals surface area contributed by atoms with Crippen LogP contribution in [0.2, 0.25) is 0 Å². The van der Waals surface area contributed by atoms with E-state index in [-0.39, 0.29) is 153 Å². The van der Waals surface area contributed by atoms with Crippen LogP contribution in [-0.4, -0.2) is 189 Å². The molecule has 0 unspecified atom stereocenters. The summed E-state index contributed by atoms with van der Waals surface area (Å²) < 4.78 is 20.9. The fourth-order valence-corrected chi connectivity index (χ4v) is 8.06. The molecule has 0 spiro atoms. The highest BCUT2D eigenvalue weighted by Gasteiger charge is 2.24. The van der Waals surface area contributed by atoms with Crippen LogP contribution >= 0.6 is 0 Å². The van der Waals surface area contributed by atoms with Gasteiger partial charge in [0.05, 0.1) is 50.2 Å². The number of unbranched alkanes of at least 4 members (excludes halogenated alkanes) is 2. The molecule has 0 saturated carbocycles. The number of amides is 4. The third kappa shape index (κ3) is 17.5. The monoisotopic (exact) mass is 1060 g/mol. The minimum atomic E-state index is -1.30. The van der Waals surface area contributed by atoms with Gasteiger partial charge in [0.1, 0.15) is 33.9 Å². The minimum Gasteiger partial charge on any atom is -0.495 e. The largest absolute Gasteiger partial charge is 0.495 e. The van der Waals surface area contributed by atoms with Gasteiger partial charge in [-0.3, -0.25) is 33.8 Å². The third-order valence-electron chi connectivity index (χ3n) is 11.9. The van der Waals surface area contributed by atoms with E-state index in [1.54, 1.807) is 11.8 Å². The Morgan fingerprint density at radius 1 is 0.447 bits per heavy atom. The predicted molar refractivity (Wildman–Crippen MR) is 274 cm³/mol. The van der Waals surface area contributed by atoms with Gasteiger partial charge in [-0.15, -0.1) is 0 Å². The van der Waals surface area contributed by atoms with Gasteiger partial charge in [0.25, 0.3) is 23.6 Å². The number of carbonyl (C=O) groups is 9. The smallest absolute Gasteiger partial charge is 0.339 e. The SMILES string of the molecule is CCOC(=O)CCCCCN(CCN(CCNC(=O)c1cccc(C(=O)O)c1OC)CCN(CCNC(=O)c1cccc(C(=O)O)c1OC)CCNC(=O)c1cccc(C(=O)O)c1OC)C(=O)c1cccc(C(=O)O)c1. The lowest BCUT2D eigenvalue weighted by molar-refractivity contribution is -0.143. The van der Waals surface area contributed by atoms with Crippen molar-refractivity contribution in [3.63, 3.8) is 0 Å². The van der Waals surface area contributed by atoms with E-state index in [9.17, 15) is 63.6 Å². The summed E-state index contributed by atoms with van der Waals surface area (Å²) in [5.74, 6) is -8.18. The fraction of sp³-hybridized carbons (Fsp3) is 0.377. The average Bonchev–Trinajstić information content (AvgIpc) is 3.41. The van der Waals surface area contributed by atoms with Gasteiger partial charge in [-0.25, -0.2) is 19.2 Å². The van der Waals surface area contributed by atoms with Crippen LogP contribution in [0, 0.1) is 0 Å². The Bertz CT molecular complexity index is 2630. The Kier molecular flexibility index (Phi) is 24.1. The number of hydrogen-bond acceptors (Lipinski definition) is 15. The first kappa shape index (κ1) is 60.0. The molecule has 0 radical (unpaired) electrons. The van der Waals surface area contributed by atoms with Crippen molar-refractivity contribution in [1.29, 1.82) is 0 Å². The molecule has 4 aromatic rings. The number of esters is 1. The van der Waals surface area contributed by atoms with Crippen molar-refractivity contribution >= 4 is 53.5 Å². The third-order valence-corrected chi connectivity index (χ3v) is 11.9. The van der Waals surface area contributed by atoms with Crippen LogP contribution < -0.4 is 30.2 Å². The molecule has 0 aliphatic carbocycles. The number of rotatable bonds is 33. The minimum absolute atomic E-state index is 0.0162. The zero-order chi connectivity index (χ0) is 55.7. The molecular weight excluding hydrogens is 993 g/mol. The van der Waals surface area contributed by atoms with Gasteiger partial charge >= 0.3 is 29.8 Å². The normalized spacial score (nSPS) is 10.8. The number of benzene rings is 4. The lowest BCUT2D eigenvalue weighted by Gasteiger charge is -2.31. The van der Waals surface area contributed by atoms with E-state index in [0.717, 1.165) is 0 Å². The summed E-state index contributed by atoms with van der Waals surface area (Å²) >= 11 is 0. The summed E-state index contributed by atoms with van der Waals surface area (Å²) in [6, 6.07) is 18.0. The van der Waals surface area contributed by atoms with Crippen molar-refractivity contribution in [2.24, 2.45) is 0 Å². The molecule has 0 saturated heterocycles. The van der Waals surface area contributed by atoms with E-state index >= 15 is 0 Å². The number of methoxy groups -OCH3 is 3. The van der Waals surface area contributed by atoms with Crippen LogP contribution in [0.5, 0.6) is 17.2 Å². The molecule has 408 valence electrons. The highest BCUT2D eigenvalue weighted by molar-refractivity contribution is 6.04. The Morgan fingerprint density at radius 3 is 1.22 bits per heavy atom. The lowest BCUT2D eigenvalue weighted by Crippen LogP contribution is -2.46. The van der Waals surface area contributed by atoms with Gasteiger partial charge in [0.2, 0.25) is 0 Å². The maximum atomic E-state index is 14.2. The second-order valence-electron chi connectivity index (χ2n) is 16.8. The molecule has 4 amide bonds. The highest BCUT2D eigenvalue weighted by atomic mass is 16.5. The number of carbonyl (C=O) groups excluding carboxylic acids is 5. The van der Waals surface area contributed by atoms with Gasteiger partial charge in [-0.05, 0) is 74.4 Å². The quantitative estimate of drug-likeness (QED) is 0.0262. The van der Waals surface area contributed by atoms with Gasteiger partial charge in [0.15, 0.2) is 0 Å². The van der Waals surface area contributed by atoms with Crippen LogP contribution in [0.4, 0.5) is 0 Å². The van der Waals surface area contributed by atoms with Crippen molar-refractivity contribution in [1.82, 2.24) is 30.7 Å². The summed E-state index contributed by atoms with van der Waals surface area (Å²) in [6.45, 7) is 3.53. The van der Waals surface area contributed by atoms with E-state index in [2.05, 4.69) is 16.0 Å². The number of para-hydroxylation sites is 3. The number of ether oxygens (including phenoxy) is 4. The summed E-state index contributed by atoms with van der Waals surface area (Å²) in [4.78, 5) is 120. The molecule has 0 heterocycles. The first-order valence-electron chi connectivity index (χ1n) is 24.2.